The normalized spacial score (nSPS) is 11.2. The monoisotopic (exact) mass is 443 g/mol. The number of aryl methyl sites for hydroxylation is 1. The van der Waals surface area contributed by atoms with E-state index >= 15 is 0 Å². The van der Waals surface area contributed by atoms with Gasteiger partial charge in [0.15, 0.2) is 11.2 Å². The molecule has 33 heavy (non-hydrogen) atoms. The number of aliphatic imine (C=N–C) groups is 1. The number of hydrogen-bond acceptors (Lipinski definition) is 7. The van der Waals surface area contributed by atoms with Gasteiger partial charge in [0, 0.05) is 38.3 Å². The van der Waals surface area contributed by atoms with Crippen LogP contribution in [0.1, 0.15) is 5.56 Å². The summed E-state index contributed by atoms with van der Waals surface area (Å²) in [6.45, 7) is 0.275. The van der Waals surface area contributed by atoms with E-state index in [4.69, 9.17) is 0 Å². The molecule has 0 N–H and O–H groups in total. The number of benzene rings is 2. The predicted molar refractivity (Wildman–Crippen MR) is 126 cm³/mol. The highest BCUT2D eigenvalue weighted by molar-refractivity contribution is 5.74. The van der Waals surface area contributed by atoms with Crippen molar-refractivity contribution in [2.75, 3.05) is 14.1 Å². The van der Waals surface area contributed by atoms with Crippen LogP contribution in [0.15, 0.2) is 70.6 Å². The summed E-state index contributed by atoms with van der Waals surface area (Å²) in [6, 6.07) is 15.7. The Morgan fingerprint density at radius 3 is 2.48 bits per heavy atom. The average molecular weight is 443 g/mol. The second-order valence-corrected chi connectivity index (χ2v) is 7.54. The lowest BCUT2D eigenvalue weighted by molar-refractivity contribution is -0.384. The Hall–Kier alpha value is -4.47. The molecule has 0 fully saturated rings. The van der Waals surface area contributed by atoms with Gasteiger partial charge in [-0.05, 0) is 12.0 Å². The Bertz CT molecular complexity index is 1380. The van der Waals surface area contributed by atoms with Crippen molar-refractivity contribution in [1.82, 2.24) is 24.4 Å². The van der Waals surface area contributed by atoms with Crippen LogP contribution in [0, 0.1) is 10.1 Å². The van der Waals surface area contributed by atoms with Crippen LogP contribution in [0.25, 0.3) is 22.4 Å². The van der Waals surface area contributed by atoms with Crippen LogP contribution in [0.4, 0.5) is 11.6 Å². The van der Waals surface area contributed by atoms with Crippen LogP contribution in [-0.2, 0) is 13.0 Å². The molecule has 0 radical (unpaired) electrons. The van der Waals surface area contributed by atoms with Crippen molar-refractivity contribution >= 4 is 29.1 Å². The summed E-state index contributed by atoms with van der Waals surface area (Å²) >= 11 is 0. The standard InChI is InChI=1S/C23H21N7O3/c1-28(2)15-25-23-27-21-20(26-19(14-24-21)17-6-4-3-5-7-17)22(31)29(23)13-12-16-8-10-18(11-9-16)30(32)33/h3-11,14-15H,12-13H2,1-2H3/b25-15+. The molecule has 0 amide bonds. The first-order valence-corrected chi connectivity index (χ1v) is 10.2. The Balaban J connectivity index is 1.75. The Labute approximate surface area is 189 Å². The molecule has 0 aliphatic rings. The Kier molecular flexibility index (Phi) is 6.16. The van der Waals surface area contributed by atoms with Gasteiger partial charge in [-0.3, -0.25) is 19.5 Å². The van der Waals surface area contributed by atoms with E-state index in [1.54, 1.807) is 29.6 Å². The van der Waals surface area contributed by atoms with Gasteiger partial charge >= 0.3 is 0 Å². The van der Waals surface area contributed by atoms with Crippen molar-refractivity contribution < 1.29 is 4.92 Å². The van der Waals surface area contributed by atoms with E-state index in [9.17, 15) is 14.9 Å². The molecule has 10 nitrogen and oxygen atoms in total. The number of non-ortho nitro benzene ring substituents is 1. The third-order valence-electron chi connectivity index (χ3n) is 4.89. The summed E-state index contributed by atoms with van der Waals surface area (Å²) < 4.78 is 1.45. The zero-order valence-electron chi connectivity index (χ0n) is 18.1. The fraction of sp³-hybridized carbons (Fsp3) is 0.174. The smallest absolute Gasteiger partial charge is 0.283 e. The first-order chi connectivity index (χ1) is 15.9. The minimum absolute atomic E-state index is 0.0169. The minimum Gasteiger partial charge on any atom is -0.369 e. The fourth-order valence-corrected chi connectivity index (χ4v) is 3.22. The van der Waals surface area contributed by atoms with Crippen molar-refractivity contribution in [3.8, 4) is 11.3 Å². The number of fused-ring (bicyclic) bond motifs is 1. The zero-order chi connectivity index (χ0) is 23.4. The van der Waals surface area contributed by atoms with E-state index in [1.807, 2.05) is 44.4 Å². The van der Waals surface area contributed by atoms with E-state index in [-0.39, 0.29) is 34.9 Å². The summed E-state index contributed by atoms with van der Waals surface area (Å²) in [5.74, 6) is 0.213. The molecule has 2 aromatic carbocycles. The molecule has 0 atom stereocenters. The lowest BCUT2D eigenvalue weighted by Crippen LogP contribution is -2.24. The number of hydrogen-bond donors (Lipinski definition) is 0. The van der Waals surface area contributed by atoms with Crippen molar-refractivity contribution in [1.29, 1.82) is 0 Å². The molecule has 0 spiro atoms. The van der Waals surface area contributed by atoms with Gasteiger partial charge in [-0.15, -0.1) is 0 Å². The molecular formula is C23H21N7O3. The van der Waals surface area contributed by atoms with Gasteiger partial charge < -0.3 is 4.90 Å². The lowest BCUT2D eigenvalue weighted by atomic mass is 10.1. The van der Waals surface area contributed by atoms with Crippen molar-refractivity contribution in [3.05, 3.63) is 86.8 Å². The topological polar surface area (TPSA) is 119 Å². The second-order valence-electron chi connectivity index (χ2n) is 7.54. The number of nitro groups is 1. The third-order valence-corrected chi connectivity index (χ3v) is 4.89. The predicted octanol–water partition coefficient (Wildman–Crippen LogP) is 3.23. The maximum atomic E-state index is 13.4. The molecule has 2 aromatic heterocycles. The van der Waals surface area contributed by atoms with Crippen molar-refractivity contribution in [3.63, 3.8) is 0 Å². The molecule has 4 aromatic rings. The van der Waals surface area contributed by atoms with Crippen molar-refractivity contribution in [2.24, 2.45) is 4.99 Å². The number of rotatable bonds is 7. The summed E-state index contributed by atoms with van der Waals surface area (Å²) in [7, 11) is 3.63. The largest absolute Gasteiger partial charge is 0.369 e. The van der Waals surface area contributed by atoms with Crippen LogP contribution in [-0.4, -0.2) is 49.8 Å². The lowest BCUT2D eigenvalue weighted by Gasteiger charge is -2.11. The van der Waals surface area contributed by atoms with E-state index in [0.29, 0.717) is 12.1 Å². The van der Waals surface area contributed by atoms with Crippen molar-refractivity contribution in [2.45, 2.75) is 13.0 Å². The Morgan fingerprint density at radius 2 is 1.82 bits per heavy atom. The van der Waals surface area contributed by atoms with Crippen LogP contribution >= 0.6 is 0 Å². The molecule has 0 saturated carbocycles. The summed E-state index contributed by atoms with van der Waals surface area (Å²) in [4.78, 5) is 43.3. The van der Waals surface area contributed by atoms with Gasteiger partial charge in [-0.2, -0.15) is 4.98 Å². The van der Waals surface area contributed by atoms with E-state index in [1.165, 1.54) is 16.7 Å². The molecule has 0 saturated heterocycles. The first kappa shape index (κ1) is 21.8. The number of aromatic nitrogens is 4. The Morgan fingerprint density at radius 1 is 1.09 bits per heavy atom. The molecule has 10 heteroatoms. The molecule has 0 unspecified atom stereocenters. The highest BCUT2D eigenvalue weighted by Crippen LogP contribution is 2.19. The van der Waals surface area contributed by atoms with Gasteiger partial charge in [-0.25, -0.2) is 15.0 Å². The highest BCUT2D eigenvalue weighted by atomic mass is 16.6. The molecule has 2 heterocycles. The van der Waals surface area contributed by atoms with Gasteiger partial charge in [0.25, 0.3) is 11.2 Å². The van der Waals surface area contributed by atoms with Crippen LogP contribution in [0.3, 0.4) is 0 Å². The van der Waals surface area contributed by atoms with E-state index in [0.717, 1.165) is 11.1 Å². The van der Waals surface area contributed by atoms with E-state index in [2.05, 4.69) is 19.9 Å². The maximum Gasteiger partial charge on any atom is 0.283 e. The zero-order valence-corrected chi connectivity index (χ0v) is 18.1. The van der Waals surface area contributed by atoms with Crippen LogP contribution in [0.2, 0.25) is 0 Å². The molecular weight excluding hydrogens is 422 g/mol. The summed E-state index contributed by atoms with van der Waals surface area (Å²) in [6.07, 6.45) is 3.61. The average Bonchev–Trinajstić information content (AvgIpc) is 2.83. The van der Waals surface area contributed by atoms with E-state index < -0.39 is 4.92 Å². The number of nitro benzene ring substituents is 1. The second kappa shape index (κ2) is 9.35. The molecule has 166 valence electrons. The highest BCUT2D eigenvalue weighted by Gasteiger charge is 2.14. The van der Waals surface area contributed by atoms with Gasteiger partial charge in [0.1, 0.15) is 0 Å². The summed E-state index contributed by atoms with van der Waals surface area (Å²) in [5.41, 5.74) is 2.31. The van der Waals surface area contributed by atoms with Crippen LogP contribution < -0.4 is 5.56 Å². The minimum atomic E-state index is -0.446. The first-order valence-electron chi connectivity index (χ1n) is 10.2. The third kappa shape index (κ3) is 4.90. The molecule has 0 aliphatic carbocycles. The summed E-state index contributed by atoms with van der Waals surface area (Å²) in [5, 5.41) is 10.9. The van der Waals surface area contributed by atoms with Gasteiger partial charge in [-0.1, -0.05) is 42.5 Å². The number of nitrogens with zero attached hydrogens (tertiary/aromatic N) is 7. The molecule has 0 bridgehead atoms. The fourth-order valence-electron chi connectivity index (χ4n) is 3.22. The molecule has 4 rings (SSSR count). The van der Waals surface area contributed by atoms with Crippen LogP contribution in [0.5, 0.6) is 0 Å². The van der Waals surface area contributed by atoms with Gasteiger partial charge in [0.2, 0.25) is 5.95 Å². The SMILES string of the molecule is CN(C)/C=N/c1nc2ncc(-c3ccccc3)nc2c(=O)n1CCc1ccc([N+](=O)[O-])cc1. The quantitative estimate of drug-likeness (QED) is 0.186. The molecule has 0 aliphatic heterocycles. The maximum absolute atomic E-state index is 13.4. The van der Waals surface area contributed by atoms with Gasteiger partial charge in [0.05, 0.1) is 23.2 Å².